The van der Waals surface area contributed by atoms with E-state index in [0.29, 0.717) is 0 Å². The second-order valence-corrected chi connectivity index (χ2v) is 4.60. The molecular formula is C11H9BrFNO2. The summed E-state index contributed by atoms with van der Waals surface area (Å²) in [4.78, 5) is 22.4. The van der Waals surface area contributed by atoms with Crippen molar-refractivity contribution in [1.82, 2.24) is 5.32 Å². The number of hydrogen-bond donors (Lipinski definition) is 1. The van der Waals surface area contributed by atoms with E-state index in [1.54, 1.807) is 24.3 Å². The van der Waals surface area contributed by atoms with Crippen LogP contribution in [-0.4, -0.2) is 11.8 Å². The first-order valence-electron chi connectivity index (χ1n) is 4.81. The Hall–Kier alpha value is -1.23. The fraction of sp³-hybridized carbons (Fsp3) is 0.273. The summed E-state index contributed by atoms with van der Waals surface area (Å²) in [5.41, 5.74) is -1.81. The lowest BCUT2D eigenvalue weighted by atomic mass is 9.87. The molecule has 1 aliphatic heterocycles. The molecule has 16 heavy (non-hydrogen) atoms. The van der Waals surface area contributed by atoms with Crippen molar-refractivity contribution in [1.29, 1.82) is 0 Å². The van der Waals surface area contributed by atoms with Crippen molar-refractivity contribution in [2.75, 3.05) is 0 Å². The van der Waals surface area contributed by atoms with Crippen LogP contribution in [0.1, 0.15) is 18.4 Å². The molecule has 1 N–H and O–H groups in total. The first-order chi connectivity index (χ1) is 7.52. The molecule has 2 rings (SSSR count). The number of benzene rings is 1. The van der Waals surface area contributed by atoms with E-state index in [1.807, 2.05) is 5.32 Å². The van der Waals surface area contributed by atoms with Gasteiger partial charge in [0.15, 0.2) is 0 Å². The molecule has 1 atom stereocenters. The Bertz CT molecular complexity index is 446. The number of nitrogens with one attached hydrogen (secondary N) is 1. The molecule has 84 valence electrons. The summed E-state index contributed by atoms with van der Waals surface area (Å²) in [6.07, 6.45) is -0.0718. The quantitative estimate of drug-likeness (QED) is 0.803. The normalized spacial score (nSPS) is 25.4. The summed E-state index contributed by atoms with van der Waals surface area (Å²) in [5, 5.41) is 2.02. The predicted molar refractivity (Wildman–Crippen MR) is 59.3 cm³/mol. The molecule has 0 aromatic heterocycles. The van der Waals surface area contributed by atoms with Crippen molar-refractivity contribution in [3.8, 4) is 0 Å². The van der Waals surface area contributed by atoms with Crippen molar-refractivity contribution in [3.05, 3.63) is 34.3 Å². The second-order valence-electron chi connectivity index (χ2n) is 3.69. The SMILES string of the molecule is O=C1CC[C@](F)(c2ccc(Br)cc2)C(=O)N1. The van der Waals surface area contributed by atoms with E-state index in [9.17, 15) is 14.0 Å². The van der Waals surface area contributed by atoms with Crippen LogP contribution >= 0.6 is 15.9 Å². The van der Waals surface area contributed by atoms with Crippen LogP contribution in [0.4, 0.5) is 4.39 Å². The van der Waals surface area contributed by atoms with Crippen molar-refractivity contribution in [2.45, 2.75) is 18.5 Å². The van der Waals surface area contributed by atoms with Gasteiger partial charge in [-0.2, -0.15) is 0 Å². The predicted octanol–water partition coefficient (Wildman–Crippen LogP) is 2.05. The van der Waals surface area contributed by atoms with E-state index in [0.717, 1.165) is 4.47 Å². The number of carbonyl (C=O) groups is 2. The van der Waals surface area contributed by atoms with E-state index in [4.69, 9.17) is 0 Å². The molecule has 0 unspecified atom stereocenters. The van der Waals surface area contributed by atoms with Crippen molar-refractivity contribution < 1.29 is 14.0 Å². The molecule has 0 bridgehead atoms. The standard InChI is InChI=1S/C11H9BrFNO2/c12-8-3-1-7(2-4-8)11(13)6-5-9(15)14-10(11)16/h1-4H,5-6H2,(H,14,15,16)/t11-/m0/s1. The smallest absolute Gasteiger partial charge is 0.268 e. The third-order valence-corrected chi connectivity index (χ3v) is 3.14. The summed E-state index contributed by atoms with van der Waals surface area (Å²) < 4.78 is 15.2. The lowest BCUT2D eigenvalue weighted by molar-refractivity contribution is -0.144. The fourth-order valence-corrected chi connectivity index (χ4v) is 1.94. The molecule has 1 fully saturated rings. The maximum absolute atomic E-state index is 14.4. The number of rotatable bonds is 1. The molecule has 1 aromatic rings. The van der Waals surface area contributed by atoms with Crippen molar-refractivity contribution in [3.63, 3.8) is 0 Å². The maximum atomic E-state index is 14.4. The van der Waals surface area contributed by atoms with Gasteiger partial charge < -0.3 is 0 Å². The zero-order valence-electron chi connectivity index (χ0n) is 8.30. The number of amides is 2. The van der Waals surface area contributed by atoms with Gasteiger partial charge in [-0.05, 0) is 17.7 Å². The highest BCUT2D eigenvalue weighted by Crippen LogP contribution is 2.34. The van der Waals surface area contributed by atoms with Gasteiger partial charge in [-0.25, -0.2) is 4.39 Å². The molecule has 1 heterocycles. The minimum atomic E-state index is -2.09. The van der Waals surface area contributed by atoms with Crippen molar-refractivity contribution in [2.24, 2.45) is 0 Å². The van der Waals surface area contributed by atoms with Crippen LogP contribution in [0.3, 0.4) is 0 Å². The minimum Gasteiger partial charge on any atom is -0.293 e. The van der Waals surface area contributed by atoms with E-state index in [1.165, 1.54) is 0 Å². The Balaban J connectivity index is 2.34. The zero-order valence-corrected chi connectivity index (χ0v) is 9.88. The molecule has 0 aliphatic carbocycles. The summed E-state index contributed by atoms with van der Waals surface area (Å²) >= 11 is 3.23. The van der Waals surface area contributed by atoms with Gasteiger partial charge in [-0.3, -0.25) is 14.9 Å². The summed E-state index contributed by atoms with van der Waals surface area (Å²) in [5.74, 6) is -1.29. The second kappa shape index (κ2) is 3.97. The Labute approximate surface area is 100 Å². The Morgan fingerprint density at radius 2 is 1.88 bits per heavy atom. The highest BCUT2D eigenvalue weighted by atomic mass is 79.9. The van der Waals surface area contributed by atoms with Crippen LogP contribution in [0.5, 0.6) is 0 Å². The molecule has 3 nitrogen and oxygen atoms in total. The Morgan fingerprint density at radius 1 is 1.25 bits per heavy atom. The van der Waals surface area contributed by atoms with Crippen LogP contribution in [-0.2, 0) is 15.3 Å². The molecule has 0 spiro atoms. The molecule has 5 heteroatoms. The number of alkyl halides is 1. The zero-order chi connectivity index (χ0) is 11.8. The van der Waals surface area contributed by atoms with E-state index in [-0.39, 0.29) is 18.4 Å². The summed E-state index contributed by atoms with van der Waals surface area (Å²) in [7, 11) is 0. The van der Waals surface area contributed by atoms with Crippen LogP contribution in [0.2, 0.25) is 0 Å². The number of halogens is 2. The fourth-order valence-electron chi connectivity index (χ4n) is 1.68. The van der Waals surface area contributed by atoms with Gasteiger partial charge in [-0.1, -0.05) is 28.1 Å². The lowest BCUT2D eigenvalue weighted by Gasteiger charge is -2.28. The molecule has 1 aromatic carbocycles. The number of hydrogen-bond acceptors (Lipinski definition) is 2. The van der Waals surface area contributed by atoms with Crippen LogP contribution in [0.15, 0.2) is 28.7 Å². The lowest BCUT2D eigenvalue weighted by Crippen LogP contribution is -2.48. The summed E-state index contributed by atoms with van der Waals surface area (Å²) in [6, 6.07) is 6.42. The minimum absolute atomic E-state index is 0.0261. The highest BCUT2D eigenvalue weighted by Gasteiger charge is 2.44. The third kappa shape index (κ3) is 1.87. The van der Waals surface area contributed by atoms with Gasteiger partial charge in [-0.15, -0.1) is 0 Å². The first kappa shape index (κ1) is 11.3. The van der Waals surface area contributed by atoms with Gasteiger partial charge in [0.2, 0.25) is 11.6 Å². The van der Waals surface area contributed by atoms with E-state index in [2.05, 4.69) is 15.9 Å². The van der Waals surface area contributed by atoms with Gasteiger partial charge in [0.1, 0.15) is 0 Å². The number of imide groups is 1. The van der Waals surface area contributed by atoms with Gasteiger partial charge in [0, 0.05) is 17.3 Å². The van der Waals surface area contributed by atoms with Gasteiger partial charge in [0.25, 0.3) is 5.91 Å². The molecule has 0 radical (unpaired) electrons. The average Bonchev–Trinajstić information content (AvgIpc) is 2.25. The summed E-state index contributed by atoms with van der Waals surface area (Å²) in [6.45, 7) is 0. The van der Waals surface area contributed by atoms with Crippen LogP contribution in [0.25, 0.3) is 0 Å². The molecular weight excluding hydrogens is 277 g/mol. The van der Waals surface area contributed by atoms with E-state index >= 15 is 0 Å². The third-order valence-electron chi connectivity index (χ3n) is 2.61. The van der Waals surface area contributed by atoms with Gasteiger partial charge >= 0.3 is 0 Å². The number of carbonyl (C=O) groups excluding carboxylic acids is 2. The molecule has 1 saturated heterocycles. The van der Waals surface area contributed by atoms with Gasteiger partial charge in [0.05, 0.1) is 0 Å². The van der Waals surface area contributed by atoms with E-state index < -0.39 is 17.5 Å². The number of piperidine rings is 1. The highest BCUT2D eigenvalue weighted by molar-refractivity contribution is 9.10. The maximum Gasteiger partial charge on any atom is 0.268 e. The van der Waals surface area contributed by atoms with Crippen molar-refractivity contribution >= 4 is 27.7 Å². The molecule has 2 amide bonds. The molecule has 1 aliphatic rings. The largest absolute Gasteiger partial charge is 0.293 e. The van der Waals surface area contributed by atoms with Crippen LogP contribution < -0.4 is 5.32 Å². The average molecular weight is 286 g/mol. The Kier molecular flexibility index (Phi) is 2.80. The Morgan fingerprint density at radius 3 is 2.44 bits per heavy atom. The first-order valence-corrected chi connectivity index (χ1v) is 5.61. The van der Waals surface area contributed by atoms with Crippen LogP contribution in [0, 0.1) is 0 Å². The topological polar surface area (TPSA) is 46.2 Å². The molecule has 0 saturated carbocycles. The monoisotopic (exact) mass is 285 g/mol.